The number of halogens is 1. The van der Waals surface area contributed by atoms with Crippen molar-refractivity contribution in [3.05, 3.63) is 10.6 Å². The van der Waals surface area contributed by atoms with E-state index in [1.807, 2.05) is 11.0 Å². The van der Waals surface area contributed by atoms with Gasteiger partial charge in [-0.2, -0.15) is 0 Å². The van der Waals surface area contributed by atoms with Crippen LogP contribution in [0.4, 0.5) is 0 Å². The fourth-order valence-corrected chi connectivity index (χ4v) is 1.72. The summed E-state index contributed by atoms with van der Waals surface area (Å²) in [6, 6.07) is 0. The molecule has 2 rings (SSSR count). The Morgan fingerprint density at radius 3 is 2.88 bits per heavy atom. The van der Waals surface area contributed by atoms with Crippen molar-refractivity contribution in [3.8, 4) is 0 Å². The van der Waals surface area contributed by atoms with Crippen LogP contribution in [-0.4, -0.2) is 28.8 Å². The number of hydrogen-bond acceptors (Lipinski definition) is 2. The SMILES string of the molecule is OC12C=C(Br)CN1C2. The van der Waals surface area contributed by atoms with E-state index in [9.17, 15) is 5.11 Å². The normalized spacial score (nSPS) is 50.8. The maximum Gasteiger partial charge on any atom is 0.152 e. The lowest BCUT2D eigenvalue weighted by molar-refractivity contribution is 0.152. The van der Waals surface area contributed by atoms with E-state index < -0.39 is 5.72 Å². The Morgan fingerprint density at radius 2 is 2.62 bits per heavy atom. The van der Waals surface area contributed by atoms with Crippen molar-refractivity contribution >= 4 is 15.9 Å². The number of fused-ring (bicyclic) bond motifs is 1. The molecule has 2 unspecified atom stereocenters. The molecule has 0 aromatic carbocycles. The lowest BCUT2D eigenvalue weighted by Gasteiger charge is -1.92. The summed E-state index contributed by atoms with van der Waals surface area (Å²) in [6.45, 7) is 1.71. The van der Waals surface area contributed by atoms with Crippen LogP contribution >= 0.6 is 15.9 Å². The molecule has 0 saturated carbocycles. The van der Waals surface area contributed by atoms with Gasteiger partial charge >= 0.3 is 0 Å². The predicted molar refractivity (Wildman–Crippen MR) is 33.5 cm³/mol. The van der Waals surface area contributed by atoms with Crippen molar-refractivity contribution in [1.29, 1.82) is 0 Å². The Hall–Kier alpha value is 0.140. The number of aliphatic hydroxyl groups is 1. The molecule has 0 bridgehead atoms. The zero-order valence-corrected chi connectivity index (χ0v) is 5.85. The summed E-state index contributed by atoms with van der Waals surface area (Å²) in [6.07, 6.45) is 1.85. The smallest absolute Gasteiger partial charge is 0.152 e. The highest BCUT2D eigenvalue weighted by molar-refractivity contribution is 9.11. The molecule has 1 saturated heterocycles. The van der Waals surface area contributed by atoms with Crippen LogP contribution in [0.1, 0.15) is 0 Å². The summed E-state index contributed by atoms with van der Waals surface area (Å²) in [5.74, 6) is 0. The van der Waals surface area contributed by atoms with Gasteiger partial charge in [0.05, 0.1) is 0 Å². The maximum atomic E-state index is 9.26. The van der Waals surface area contributed by atoms with Gasteiger partial charge in [-0.1, -0.05) is 15.9 Å². The highest BCUT2D eigenvalue weighted by Crippen LogP contribution is 2.39. The zero-order chi connectivity index (χ0) is 5.78. The first-order valence-corrected chi connectivity index (χ1v) is 3.35. The van der Waals surface area contributed by atoms with Crippen LogP contribution in [0.3, 0.4) is 0 Å². The Balaban J connectivity index is 2.29. The van der Waals surface area contributed by atoms with Crippen LogP contribution in [-0.2, 0) is 0 Å². The molecule has 0 aliphatic carbocycles. The molecule has 2 aliphatic rings. The van der Waals surface area contributed by atoms with E-state index in [1.165, 1.54) is 0 Å². The van der Waals surface area contributed by atoms with E-state index in [0.717, 1.165) is 17.6 Å². The molecule has 2 nitrogen and oxygen atoms in total. The van der Waals surface area contributed by atoms with E-state index in [0.29, 0.717) is 0 Å². The van der Waals surface area contributed by atoms with Crippen LogP contribution in [0.5, 0.6) is 0 Å². The van der Waals surface area contributed by atoms with Gasteiger partial charge in [0.2, 0.25) is 0 Å². The van der Waals surface area contributed by atoms with Crippen LogP contribution in [0.15, 0.2) is 10.6 Å². The van der Waals surface area contributed by atoms with Crippen molar-refractivity contribution in [2.45, 2.75) is 5.72 Å². The summed E-state index contributed by atoms with van der Waals surface area (Å²) in [5.41, 5.74) is -0.543. The van der Waals surface area contributed by atoms with Gasteiger partial charge in [0.25, 0.3) is 0 Å². The van der Waals surface area contributed by atoms with Gasteiger partial charge in [0.1, 0.15) is 0 Å². The van der Waals surface area contributed by atoms with Gasteiger partial charge in [-0.15, -0.1) is 0 Å². The molecule has 0 aromatic rings. The minimum atomic E-state index is -0.543. The minimum Gasteiger partial charge on any atom is -0.371 e. The predicted octanol–water partition coefficient (Wildman–Crippen LogP) is 0.283. The van der Waals surface area contributed by atoms with Crippen LogP contribution < -0.4 is 0 Å². The van der Waals surface area contributed by atoms with Gasteiger partial charge in [-0.05, 0) is 6.08 Å². The van der Waals surface area contributed by atoms with Crippen LogP contribution in [0.2, 0.25) is 0 Å². The lowest BCUT2D eigenvalue weighted by atomic mass is 10.4. The fourth-order valence-electron chi connectivity index (χ4n) is 1.05. The molecular weight excluding hydrogens is 170 g/mol. The third kappa shape index (κ3) is 0.493. The van der Waals surface area contributed by atoms with Gasteiger partial charge in [-0.3, -0.25) is 4.90 Å². The van der Waals surface area contributed by atoms with Crippen LogP contribution in [0, 0.1) is 0 Å². The standard InChI is InChI=1S/C5H6BrNO/c6-4-1-5(8)3-7(5)2-4/h1,8H,2-3H2. The highest BCUT2D eigenvalue weighted by Gasteiger charge is 2.52. The first-order chi connectivity index (χ1) is 3.71. The van der Waals surface area contributed by atoms with Crippen molar-refractivity contribution in [2.75, 3.05) is 13.1 Å². The van der Waals surface area contributed by atoms with Gasteiger partial charge < -0.3 is 5.11 Å². The van der Waals surface area contributed by atoms with Crippen LogP contribution in [0.25, 0.3) is 0 Å². The second kappa shape index (κ2) is 1.17. The quantitative estimate of drug-likeness (QED) is 0.536. The summed E-state index contributed by atoms with van der Waals surface area (Å²) < 4.78 is 1.10. The second-order valence-electron chi connectivity index (χ2n) is 2.33. The van der Waals surface area contributed by atoms with Gasteiger partial charge in [-0.25, -0.2) is 0 Å². The average Bonchev–Trinajstić information content (AvgIpc) is 2.07. The Labute approximate surface area is 55.9 Å². The average molecular weight is 176 g/mol. The van der Waals surface area contributed by atoms with Gasteiger partial charge in [0, 0.05) is 17.6 Å². The molecule has 1 N–H and O–H groups in total. The minimum absolute atomic E-state index is 0.543. The molecule has 2 atom stereocenters. The lowest BCUT2D eigenvalue weighted by Crippen LogP contribution is -2.07. The van der Waals surface area contributed by atoms with E-state index in [2.05, 4.69) is 15.9 Å². The molecule has 0 aromatic heterocycles. The molecular formula is C5H6BrNO. The van der Waals surface area contributed by atoms with Crippen molar-refractivity contribution < 1.29 is 5.11 Å². The van der Waals surface area contributed by atoms with E-state index >= 15 is 0 Å². The van der Waals surface area contributed by atoms with Gasteiger partial charge in [0.15, 0.2) is 5.72 Å². The fraction of sp³-hybridized carbons (Fsp3) is 0.600. The molecule has 2 aliphatic heterocycles. The molecule has 8 heavy (non-hydrogen) atoms. The van der Waals surface area contributed by atoms with Crippen molar-refractivity contribution in [3.63, 3.8) is 0 Å². The summed E-state index contributed by atoms with van der Waals surface area (Å²) in [4.78, 5) is 1.98. The van der Waals surface area contributed by atoms with E-state index in [-0.39, 0.29) is 0 Å². The molecule has 0 amide bonds. The molecule has 3 heteroatoms. The second-order valence-corrected chi connectivity index (χ2v) is 3.34. The zero-order valence-electron chi connectivity index (χ0n) is 4.26. The third-order valence-electron chi connectivity index (χ3n) is 1.60. The maximum absolute atomic E-state index is 9.26. The number of nitrogens with zero attached hydrogens (tertiary/aromatic N) is 1. The molecule has 2 heterocycles. The van der Waals surface area contributed by atoms with E-state index in [1.54, 1.807) is 0 Å². The van der Waals surface area contributed by atoms with E-state index in [4.69, 9.17) is 0 Å². The first-order valence-electron chi connectivity index (χ1n) is 2.55. The summed E-state index contributed by atoms with van der Waals surface area (Å²) >= 11 is 3.30. The molecule has 44 valence electrons. The Morgan fingerprint density at radius 1 is 1.88 bits per heavy atom. The summed E-state index contributed by atoms with van der Waals surface area (Å²) in [5, 5.41) is 9.26. The van der Waals surface area contributed by atoms with Crippen molar-refractivity contribution in [1.82, 2.24) is 4.90 Å². The monoisotopic (exact) mass is 175 g/mol. The third-order valence-corrected chi connectivity index (χ3v) is 2.08. The molecule has 0 radical (unpaired) electrons. The topological polar surface area (TPSA) is 23.2 Å². The largest absolute Gasteiger partial charge is 0.371 e. The number of rotatable bonds is 0. The van der Waals surface area contributed by atoms with Crippen molar-refractivity contribution in [2.24, 2.45) is 0 Å². The first kappa shape index (κ1) is 4.97. The summed E-state index contributed by atoms with van der Waals surface area (Å²) in [7, 11) is 0. The Bertz CT molecular complexity index is 168. The number of hydrogen-bond donors (Lipinski definition) is 1. The highest BCUT2D eigenvalue weighted by atomic mass is 79.9. The Kier molecular flexibility index (Phi) is 0.729. The molecule has 0 spiro atoms. The molecule has 1 fully saturated rings.